The first-order chi connectivity index (χ1) is 26.2. The zero-order valence-electron chi connectivity index (χ0n) is 30.0. The first-order valence-electron chi connectivity index (χ1n) is 17.0. The van der Waals surface area contributed by atoms with Gasteiger partial charge in [-0.15, -0.1) is 0 Å². The van der Waals surface area contributed by atoms with Crippen LogP contribution in [0.3, 0.4) is 0 Å². The summed E-state index contributed by atoms with van der Waals surface area (Å²) in [5.41, 5.74) is -2.33. The number of nitrogens with zero attached hydrogens (tertiary/aromatic N) is 4. The summed E-state index contributed by atoms with van der Waals surface area (Å²) in [5.74, 6) is -2.82. The summed E-state index contributed by atoms with van der Waals surface area (Å²) in [6, 6.07) is 7.51. The molecule has 0 saturated heterocycles. The van der Waals surface area contributed by atoms with Crippen molar-refractivity contribution in [3.63, 3.8) is 0 Å². The van der Waals surface area contributed by atoms with Crippen molar-refractivity contribution in [1.82, 2.24) is 30.3 Å². The van der Waals surface area contributed by atoms with Crippen molar-refractivity contribution in [2.75, 3.05) is 18.1 Å². The van der Waals surface area contributed by atoms with Gasteiger partial charge in [0.05, 0.1) is 36.0 Å². The number of alkyl halides is 4. The Balaban J connectivity index is 1.38. The minimum atomic E-state index is -3.82. The molecular formula is C37H33F6N7O5S. The highest BCUT2D eigenvalue weighted by Gasteiger charge is 2.67. The minimum Gasteiger partial charge on any atom is -0.496 e. The molecule has 7 rings (SSSR count). The molecule has 0 bridgehead atoms. The molecule has 2 aromatic carbocycles. The van der Waals surface area contributed by atoms with E-state index in [1.807, 2.05) is 0 Å². The molecule has 2 aliphatic rings. The number of anilines is 1. The predicted octanol–water partition coefficient (Wildman–Crippen LogP) is 5.85. The Kier molecular flexibility index (Phi) is 9.56. The van der Waals surface area contributed by atoms with Gasteiger partial charge in [-0.05, 0) is 80.5 Å². The van der Waals surface area contributed by atoms with Crippen LogP contribution in [0.1, 0.15) is 72.6 Å². The second-order valence-electron chi connectivity index (χ2n) is 14.2. The van der Waals surface area contributed by atoms with Gasteiger partial charge in [0.15, 0.2) is 5.82 Å². The van der Waals surface area contributed by atoms with Crippen LogP contribution in [0.15, 0.2) is 42.5 Å². The Hall–Kier alpha value is -5.61. The minimum absolute atomic E-state index is 0.0196. The lowest BCUT2D eigenvalue weighted by Crippen LogP contribution is -2.35. The highest BCUT2D eigenvalue weighted by Crippen LogP contribution is 2.68. The predicted molar refractivity (Wildman–Crippen MR) is 190 cm³/mol. The average Bonchev–Trinajstić information content (AvgIpc) is 3.57. The molecule has 0 radical (unpaired) electrons. The summed E-state index contributed by atoms with van der Waals surface area (Å²) in [6.07, 6.45) is -2.56. The van der Waals surface area contributed by atoms with Gasteiger partial charge in [-0.25, -0.2) is 31.0 Å². The number of fused-ring (bicyclic) bond motifs is 4. The van der Waals surface area contributed by atoms with E-state index in [0.29, 0.717) is 16.3 Å². The molecule has 19 heteroatoms. The number of ether oxygens (including phenoxy) is 1. The molecule has 294 valence electrons. The number of H-pyrrole nitrogens is 1. The number of hydrogen-bond acceptors (Lipinski definition) is 8. The summed E-state index contributed by atoms with van der Waals surface area (Å²) < 4.78 is 121. The van der Waals surface area contributed by atoms with Crippen molar-refractivity contribution in [3.8, 4) is 28.7 Å². The van der Waals surface area contributed by atoms with Crippen molar-refractivity contribution < 1.29 is 49.4 Å². The monoisotopic (exact) mass is 801 g/mol. The smallest absolute Gasteiger partial charge is 0.293 e. The molecule has 0 spiro atoms. The molecule has 3 aromatic heterocycles. The SMILES string of the molecule is COc1ccc(-c2ccc(C#CC(C)(C)O)nc2[C@H](Cc2cc(F)cc(F)c2)NC(=O)Cn2nc(C(F)F)c3c2C(F)(F)[C@@H]2C[C@H]32)c2[nH]nc(NS(C)(=O)=O)c12. The van der Waals surface area contributed by atoms with Crippen molar-refractivity contribution in [2.24, 2.45) is 5.92 Å². The van der Waals surface area contributed by atoms with Crippen LogP contribution in [0.2, 0.25) is 0 Å². The first-order valence-corrected chi connectivity index (χ1v) is 18.9. The van der Waals surface area contributed by atoms with Crippen LogP contribution < -0.4 is 14.8 Å². The number of sulfonamides is 1. The van der Waals surface area contributed by atoms with E-state index in [0.717, 1.165) is 18.4 Å². The zero-order valence-corrected chi connectivity index (χ0v) is 30.8. The van der Waals surface area contributed by atoms with Crippen LogP contribution in [0.5, 0.6) is 5.75 Å². The van der Waals surface area contributed by atoms with Gasteiger partial charge in [0.2, 0.25) is 15.9 Å². The number of methoxy groups -OCH3 is 1. The highest BCUT2D eigenvalue weighted by atomic mass is 32.2. The van der Waals surface area contributed by atoms with E-state index in [1.165, 1.54) is 33.1 Å². The maximum absolute atomic E-state index is 15.4. The lowest BCUT2D eigenvalue weighted by Gasteiger charge is -2.23. The Morgan fingerprint density at radius 3 is 2.46 bits per heavy atom. The number of pyridine rings is 1. The van der Waals surface area contributed by atoms with E-state index in [4.69, 9.17) is 4.74 Å². The van der Waals surface area contributed by atoms with Gasteiger partial charge in [-0.2, -0.15) is 19.0 Å². The van der Waals surface area contributed by atoms with E-state index >= 15 is 8.78 Å². The molecule has 3 atom stereocenters. The molecule has 3 heterocycles. The van der Waals surface area contributed by atoms with Gasteiger partial charge >= 0.3 is 0 Å². The normalized spacial score (nSPS) is 17.6. The van der Waals surface area contributed by atoms with Crippen molar-refractivity contribution >= 4 is 32.7 Å². The van der Waals surface area contributed by atoms with Crippen molar-refractivity contribution in [1.29, 1.82) is 0 Å². The topological polar surface area (TPSA) is 164 Å². The molecule has 0 unspecified atom stereocenters. The van der Waals surface area contributed by atoms with Crippen LogP contribution >= 0.6 is 0 Å². The van der Waals surface area contributed by atoms with E-state index in [9.17, 15) is 35.9 Å². The number of aliphatic hydroxyl groups is 1. The fraction of sp³-hybridized carbons (Fsp3) is 0.351. The van der Waals surface area contributed by atoms with Crippen LogP contribution in [0.25, 0.3) is 22.0 Å². The average molecular weight is 802 g/mol. The molecule has 12 nitrogen and oxygen atoms in total. The Morgan fingerprint density at radius 2 is 1.82 bits per heavy atom. The number of carbonyl (C=O) groups is 1. The van der Waals surface area contributed by atoms with Gasteiger partial charge < -0.3 is 15.2 Å². The summed E-state index contributed by atoms with van der Waals surface area (Å²) in [6.45, 7) is 1.95. The summed E-state index contributed by atoms with van der Waals surface area (Å²) in [5, 5.41) is 23.8. The van der Waals surface area contributed by atoms with Crippen LogP contribution in [-0.2, 0) is 33.7 Å². The number of amides is 1. The van der Waals surface area contributed by atoms with Gasteiger partial charge in [0.25, 0.3) is 12.3 Å². The fourth-order valence-electron chi connectivity index (χ4n) is 7.14. The van der Waals surface area contributed by atoms with E-state index in [-0.39, 0.29) is 63.4 Å². The number of aromatic amines is 1. The number of rotatable bonds is 11. The highest BCUT2D eigenvalue weighted by molar-refractivity contribution is 7.92. The maximum Gasteiger partial charge on any atom is 0.293 e. The van der Waals surface area contributed by atoms with Gasteiger partial charge in [0, 0.05) is 28.7 Å². The fourth-order valence-corrected chi connectivity index (χ4v) is 7.63. The van der Waals surface area contributed by atoms with Crippen LogP contribution in [-0.4, -0.2) is 63.4 Å². The summed E-state index contributed by atoms with van der Waals surface area (Å²) in [7, 11) is -2.47. The Bertz CT molecular complexity index is 2560. The number of carbonyl (C=O) groups excluding carboxylic acids is 1. The molecule has 5 aromatic rings. The molecule has 2 aliphatic carbocycles. The number of hydrogen-bond donors (Lipinski definition) is 4. The molecule has 1 amide bonds. The quantitative estimate of drug-likeness (QED) is 0.0956. The Morgan fingerprint density at radius 1 is 1.12 bits per heavy atom. The van der Waals surface area contributed by atoms with Gasteiger partial charge in [-0.3, -0.25) is 19.3 Å². The number of nitrogens with one attached hydrogen (secondary N) is 3. The van der Waals surface area contributed by atoms with E-state index < -0.39 is 81.3 Å². The number of benzene rings is 2. The van der Waals surface area contributed by atoms with Crippen LogP contribution in [0.4, 0.5) is 32.2 Å². The standard InChI is InChI=1S/C37H33F6N7O5S/c1-36(2,52)10-9-20-5-6-21(22-7-8-26(55-3)29-31(22)46-47-35(29)49-56(4,53)54)30(44-20)25(13-17-11-18(38)14-19(39)12-17)45-27(51)16-50-33-28(32(48-50)34(40)41)23-15-24(23)37(33,42)43/h5-8,11-12,14,23-25,34,52H,13,15-16H2,1-4H3,(H,45,51)(H2,46,47,49)/t23-,24+,25-/m0/s1. The third kappa shape index (κ3) is 7.50. The molecule has 56 heavy (non-hydrogen) atoms. The second-order valence-corrected chi connectivity index (χ2v) is 16.0. The molecule has 1 fully saturated rings. The van der Waals surface area contributed by atoms with Crippen LogP contribution in [0, 0.1) is 29.4 Å². The Labute approximate surface area is 315 Å². The number of aromatic nitrogens is 5. The first kappa shape index (κ1) is 38.7. The summed E-state index contributed by atoms with van der Waals surface area (Å²) >= 11 is 0. The molecule has 1 saturated carbocycles. The number of halogens is 6. The van der Waals surface area contributed by atoms with E-state index in [2.05, 4.69) is 42.2 Å². The van der Waals surface area contributed by atoms with Gasteiger partial charge in [0.1, 0.15) is 46.6 Å². The second kappa shape index (κ2) is 13.8. The third-order valence-electron chi connectivity index (χ3n) is 9.38. The van der Waals surface area contributed by atoms with Gasteiger partial charge in [-0.1, -0.05) is 5.92 Å². The van der Waals surface area contributed by atoms with E-state index in [1.54, 1.807) is 12.1 Å². The zero-order chi connectivity index (χ0) is 40.5. The molecule has 0 aliphatic heterocycles. The molecular weight excluding hydrogens is 769 g/mol. The van der Waals surface area contributed by atoms with Crippen molar-refractivity contribution in [3.05, 3.63) is 88.0 Å². The lowest BCUT2D eigenvalue weighted by molar-refractivity contribution is -0.123. The summed E-state index contributed by atoms with van der Waals surface area (Å²) in [4.78, 5) is 18.6. The third-order valence-corrected chi connectivity index (χ3v) is 9.95. The maximum atomic E-state index is 15.4. The largest absolute Gasteiger partial charge is 0.496 e. The van der Waals surface area contributed by atoms with Crippen molar-refractivity contribution in [2.45, 2.75) is 63.1 Å². The molecule has 4 N–H and O–H groups in total. The lowest BCUT2D eigenvalue weighted by atomic mass is 9.93.